The number of rotatable bonds is 7. The van der Waals surface area contributed by atoms with Crippen molar-refractivity contribution < 1.29 is 24.7 Å². The van der Waals surface area contributed by atoms with Crippen molar-refractivity contribution in [2.24, 2.45) is 0 Å². The van der Waals surface area contributed by atoms with Crippen LogP contribution in [-0.2, 0) is 4.79 Å². The van der Waals surface area contributed by atoms with Crippen LogP contribution >= 0.6 is 46.0 Å². The van der Waals surface area contributed by atoms with Gasteiger partial charge in [0.25, 0.3) is 0 Å². The van der Waals surface area contributed by atoms with Gasteiger partial charge in [0.05, 0.1) is 21.2 Å². The number of carbonyl (C=O) groups is 1. The molecule has 3 rings (SSSR count). The van der Waals surface area contributed by atoms with Crippen LogP contribution in [-0.4, -0.2) is 43.4 Å². The van der Waals surface area contributed by atoms with E-state index in [2.05, 4.69) is 15.2 Å². The van der Waals surface area contributed by atoms with Gasteiger partial charge in [0.2, 0.25) is 10.9 Å². The molecule has 2 aromatic carbocycles. The zero-order valence-corrected chi connectivity index (χ0v) is 19.2. The molecular weight excluding hydrogens is 563 g/mol. The standard InChI is InChI=1S/C18H12ClIN4O6S/c1-30-13-3-2-9(19)7-10(13)16-21-18(23-22-16)31-14(17(26)27)6-8-4-11(20)15(25)12(5-8)24(28)29/h2-7,25H,1H3,(H,26,27)(H,21,22,23)/b14-6-. The Morgan fingerprint density at radius 2 is 2.13 bits per heavy atom. The molecule has 0 aliphatic rings. The third-order valence-corrected chi connectivity index (χ3v) is 5.79. The zero-order chi connectivity index (χ0) is 22.7. The van der Waals surface area contributed by atoms with Crippen molar-refractivity contribution in [2.45, 2.75) is 5.16 Å². The minimum absolute atomic E-state index is 0.105. The summed E-state index contributed by atoms with van der Waals surface area (Å²) in [7, 11) is 1.49. The summed E-state index contributed by atoms with van der Waals surface area (Å²) in [5, 5.41) is 37.8. The molecule has 1 aromatic heterocycles. The van der Waals surface area contributed by atoms with Gasteiger partial charge < -0.3 is 14.9 Å². The van der Waals surface area contributed by atoms with Crippen LogP contribution in [0.4, 0.5) is 5.69 Å². The monoisotopic (exact) mass is 574 g/mol. The van der Waals surface area contributed by atoms with Crippen LogP contribution in [0.5, 0.6) is 11.5 Å². The van der Waals surface area contributed by atoms with Gasteiger partial charge in [0.15, 0.2) is 5.82 Å². The number of nitro groups is 1. The summed E-state index contributed by atoms with van der Waals surface area (Å²) in [4.78, 5) is 26.2. The second-order valence-electron chi connectivity index (χ2n) is 5.85. The maximum Gasteiger partial charge on any atom is 0.342 e. The van der Waals surface area contributed by atoms with Crippen LogP contribution in [0, 0.1) is 13.7 Å². The number of phenolic OH excluding ortho intramolecular Hbond substituents is 1. The Balaban J connectivity index is 1.95. The van der Waals surface area contributed by atoms with Crippen LogP contribution in [0.3, 0.4) is 0 Å². The van der Waals surface area contributed by atoms with Gasteiger partial charge in [-0.05, 0) is 70.3 Å². The molecule has 0 unspecified atom stereocenters. The quantitative estimate of drug-likeness (QED) is 0.121. The van der Waals surface area contributed by atoms with E-state index in [1.165, 1.54) is 19.3 Å². The van der Waals surface area contributed by atoms with Crippen molar-refractivity contribution in [3.05, 3.63) is 59.5 Å². The number of aromatic hydroxyl groups is 1. The summed E-state index contributed by atoms with van der Waals surface area (Å²) in [5.41, 5.74) is 0.242. The normalized spacial score (nSPS) is 11.4. The molecule has 0 radical (unpaired) electrons. The fourth-order valence-corrected chi connectivity index (χ4v) is 4.01. The number of ether oxygens (including phenoxy) is 1. The molecule has 3 aromatic rings. The van der Waals surface area contributed by atoms with E-state index in [0.717, 1.165) is 17.8 Å². The highest BCUT2D eigenvalue weighted by molar-refractivity contribution is 14.1. The maximum atomic E-state index is 11.7. The van der Waals surface area contributed by atoms with Gasteiger partial charge >= 0.3 is 11.7 Å². The van der Waals surface area contributed by atoms with Crippen molar-refractivity contribution in [1.82, 2.24) is 15.2 Å². The SMILES string of the molecule is COc1ccc(Cl)cc1-c1nc(S/C(=C\c2cc(I)c(O)c([N+](=O)[O-])c2)C(=O)O)n[nH]1. The summed E-state index contributed by atoms with van der Waals surface area (Å²) < 4.78 is 5.49. The third kappa shape index (κ3) is 5.26. The number of carboxylic acid groups (broad SMARTS) is 1. The zero-order valence-electron chi connectivity index (χ0n) is 15.5. The van der Waals surface area contributed by atoms with Gasteiger partial charge in [-0.3, -0.25) is 15.2 Å². The first-order valence-electron chi connectivity index (χ1n) is 8.25. The number of phenols is 1. The van der Waals surface area contributed by atoms with Crippen molar-refractivity contribution in [3.63, 3.8) is 0 Å². The second kappa shape index (κ2) is 9.53. The fraction of sp³-hybridized carbons (Fsp3) is 0.0556. The fourth-order valence-electron chi connectivity index (χ4n) is 2.49. The molecule has 160 valence electrons. The first-order chi connectivity index (χ1) is 14.7. The lowest BCUT2D eigenvalue weighted by atomic mass is 10.1. The predicted octanol–water partition coefficient (Wildman–Crippen LogP) is 4.57. The van der Waals surface area contributed by atoms with E-state index in [-0.39, 0.29) is 19.2 Å². The van der Waals surface area contributed by atoms with Crippen LogP contribution < -0.4 is 4.74 Å². The Morgan fingerprint density at radius 1 is 1.39 bits per heavy atom. The van der Waals surface area contributed by atoms with Crippen LogP contribution in [0.2, 0.25) is 5.02 Å². The molecule has 13 heteroatoms. The van der Waals surface area contributed by atoms with E-state index in [1.807, 2.05) is 0 Å². The van der Waals surface area contributed by atoms with E-state index < -0.39 is 22.3 Å². The largest absolute Gasteiger partial charge is 0.501 e. The summed E-state index contributed by atoms with van der Waals surface area (Å²) in [6, 6.07) is 7.45. The van der Waals surface area contributed by atoms with Gasteiger partial charge in [-0.25, -0.2) is 9.78 Å². The number of carboxylic acids is 1. The number of benzene rings is 2. The lowest BCUT2D eigenvalue weighted by Crippen LogP contribution is -1.98. The minimum Gasteiger partial charge on any atom is -0.501 e. The van der Waals surface area contributed by atoms with E-state index >= 15 is 0 Å². The van der Waals surface area contributed by atoms with Gasteiger partial charge in [0, 0.05) is 11.1 Å². The molecule has 0 spiro atoms. The number of halogens is 2. The van der Waals surface area contributed by atoms with Crippen molar-refractivity contribution >= 4 is 63.7 Å². The first kappa shape index (κ1) is 22.8. The summed E-state index contributed by atoms with van der Waals surface area (Å²) in [5.74, 6) is -0.942. The molecule has 0 aliphatic heterocycles. The maximum absolute atomic E-state index is 11.7. The number of hydrogen-bond donors (Lipinski definition) is 3. The molecule has 0 fully saturated rings. The van der Waals surface area contributed by atoms with Crippen LogP contribution in [0.1, 0.15) is 5.56 Å². The number of aromatic nitrogens is 3. The number of methoxy groups -OCH3 is 1. The average molecular weight is 575 g/mol. The molecule has 10 nitrogen and oxygen atoms in total. The predicted molar refractivity (Wildman–Crippen MR) is 122 cm³/mol. The van der Waals surface area contributed by atoms with Gasteiger partial charge in [-0.1, -0.05) is 11.6 Å². The molecule has 0 atom stereocenters. The number of nitro benzene ring substituents is 1. The van der Waals surface area contributed by atoms with Gasteiger partial charge in [-0.15, -0.1) is 5.10 Å². The van der Waals surface area contributed by atoms with E-state index in [0.29, 0.717) is 22.2 Å². The lowest BCUT2D eigenvalue weighted by molar-refractivity contribution is -0.386. The topological polar surface area (TPSA) is 151 Å². The molecule has 3 N–H and O–H groups in total. The molecule has 0 bridgehead atoms. The van der Waals surface area contributed by atoms with Gasteiger partial charge in [-0.2, -0.15) is 0 Å². The van der Waals surface area contributed by atoms with E-state index in [1.54, 1.807) is 40.8 Å². The third-order valence-electron chi connectivity index (χ3n) is 3.85. The van der Waals surface area contributed by atoms with Crippen LogP contribution in [0.25, 0.3) is 17.5 Å². The Morgan fingerprint density at radius 3 is 2.77 bits per heavy atom. The van der Waals surface area contributed by atoms with Gasteiger partial charge in [0.1, 0.15) is 10.7 Å². The highest BCUT2D eigenvalue weighted by atomic mass is 127. The molecule has 0 saturated heterocycles. The van der Waals surface area contributed by atoms with E-state index in [9.17, 15) is 25.1 Å². The van der Waals surface area contributed by atoms with Crippen molar-refractivity contribution in [2.75, 3.05) is 7.11 Å². The molecular formula is C18H12ClIN4O6S. The molecule has 0 saturated carbocycles. The van der Waals surface area contributed by atoms with Crippen molar-refractivity contribution in [3.8, 4) is 22.9 Å². The van der Waals surface area contributed by atoms with E-state index in [4.69, 9.17) is 16.3 Å². The Kier molecular flexibility index (Phi) is 7.02. The Bertz CT molecular complexity index is 1220. The minimum atomic E-state index is -1.28. The Labute approximate surface area is 197 Å². The summed E-state index contributed by atoms with van der Waals surface area (Å²) in [6.45, 7) is 0. The highest BCUT2D eigenvalue weighted by Gasteiger charge is 2.20. The Hall–Kier alpha value is -2.84. The number of aliphatic carboxylic acids is 1. The number of hydrogen-bond acceptors (Lipinski definition) is 8. The second-order valence-corrected chi connectivity index (χ2v) is 8.46. The number of nitrogens with zero attached hydrogens (tertiary/aromatic N) is 3. The smallest absolute Gasteiger partial charge is 0.342 e. The molecule has 31 heavy (non-hydrogen) atoms. The summed E-state index contributed by atoms with van der Waals surface area (Å²) in [6.07, 6.45) is 1.23. The number of H-pyrrole nitrogens is 1. The molecule has 1 heterocycles. The highest BCUT2D eigenvalue weighted by Crippen LogP contribution is 2.35. The molecule has 0 aliphatic carbocycles. The number of nitrogens with one attached hydrogen (secondary N) is 1. The summed E-state index contributed by atoms with van der Waals surface area (Å²) >= 11 is 8.50. The average Bonchev–Trinajstić information content (AvgIpc) is 3.18. The number of aromatic amines is 1. The van der Waals surface area contributed by atoms with Crippen LogP contribution in [0.15, 0.2) is 40.4 Å². The number of thioether (sulfide) groups is 1. The lowest BCUT2D eigenvalue weighted by Gasteiger charge is -2.05. The van der Waals surface area contributed by atoms with Crippen molar-refractivity contribution in [1.29, 1.82) is 0 Å². The first-order valence-corrected chi connectivity index (χ1v) is 10.5. The molecule has 0 amide bonds.